The number of rotatable bonds is 2. The van der Waals surface area contributed by atoms with Gasteiger partial charge in [0.15, 0.2) is 0 Å². The predicted octanol–water partition coefficient (Wildman–Crippen LogP) is 3.30. The fourth-order valence-electron chi connectivity index (χ4n) is 4.17. The summed E-state index contributed by atoms with van der Waals surface area (Å²) in [6.45, 7) is 2.99. The van der Waals surface area contributed by atoms with Crippen molar-refractivity contribution in [1.82, 2.24) is 4.90 Å². The highest BCUT2D eigenvalue weighted by atomic mass is 16.2. The zero-order chi connectivity index (χ0) is 15.5. The lowest BCUT2D eigenvalue weighted by molar-refractivity contribution is -0.140. The minimum Gasteiger partial charge on any atom is -0.340 e. The molecule has 3 nitrogen and oxygen atoms in total. The van der Waals surface area contributed by atoms with Gasteiger partial charge in [-0.25, -0.2) is 0 Å². The van der Waals surface area contributed by atoms with Gasteiger partial charge in [-0.3, -0.25) is 4.79 Å². The van der Waals surface area contributed by atoms with Gasteiger partial charge in [0.25, 0.3) is 0 Å². The zero-order valence-electron chi connectivity index (χ0n) is 13.6. The smallest absolute Gasteiger partial charge is 0.225 e. The molecule has 2 N–H and O–H groups in total. The Morgan fingerprint density at radius 2 is 1.77 bits per heavy atom. The largest absolute Gasteiger partial charge is 0.340 e. The SMILES string of the molecule is CC1CC(N)CCN1C(=O)C1CCC(c2ccccc2)CC1. The van der Waals surface area contributed by atoms with Gasteiger partial charge in [-0.2, -0.15) is 0 Å². The second-order valence-electron chi connectivity index (χ2n) is 7.12. The maximum Gasteiger partial charge on any atom is 0.225 e. The van der Waals surface area contributed by atoms with Crippen molar-refractivity contribution in [2.75, 3.05) is 6.54 Å². The lowest BCUT2D eigenvalue weighted by Gasteiger charge is -2.39. The maximum atomic E-state index is 12.8. The fourth-order valence-corrected chi connectivity index (χ4v) is 4.17. The van der Waals surface area contributed by atoms with E-state index in [1.807, 2.05) is 0 Å². The average Bonchev–Trinajstić information content (AvgIpc) is 2.55. The summed E-state index contributed by atoms with van der Waals surface area (Å²) in [7, 11) is 0. The quantitative estimate of drug-likeness (QED) is 0.911. The normalized spacial score (nSPS) is 32.7. The topological polar surface area (TPSA) is 46.3 Å². The van der Waals surface area contributed by atoms with Crippen LogP contribution < -0.4 is 5.73 Å². The van der Waals surface area contributed by atoms with Crippen LogP contribution in [0.3, 0.4) is 0 Å². The van der Waals surface area contributed by atoms with Crippen LogP contribution in [0.25, 0.3) is 0 Å². The van der Waals surface area contributed by atoms with Crippen LogP contribution in [0.2, 0.25) is 0 Å². The van der Waals surface area contributed by atoms with E-state index in [2.05, 4.69) is 42.2 Å². The van der Waals surface area contributed by atoms with Crippen LogP contribution >= 0.6 is 0 Å². The van der Waals surface area contributed by atoms with Crippen LogP contribution in [0.1, 0.15) is 56.9 Å². The summed E-state index contributed by atoms with van der Waals surface area (Å²) in [6.07, 6.45) is 6.26. The van der Waals surface area contributed by atoms with Crippen molar-refractivity contribution in [2.24, 2.45) is 11.7 Å². The van der Waals surface area contributed by atoms with Gasteiger partial charge >= 0.3 is 0 Å². The maximum absolute atomic E-state index is 12.8. The Balaban J connectivity index is 1.56. The molecule has 22 heavy (non-hydrogen) atoms. The van der Waals surface area contributed by atoms with E-state index in [1.54, 1.807) is 0 Å². The molecule has 1 aromatic carbocycles. The van der Waals surface area contributed by atoms with E-state index < -0.39 is 0 Å². The van der Waals surface area contributed by atoms with E-state index >= 15 is 0 Å². The number of nitrogens with zero attached hydrogens (tertiary/aromatic N) is 1. The molecule has 0 aromatic heterocycles. The molecular formula is C19H28N2O. The van der Waals surface area contributed by atoms with Crippen LogP contribution in [-0.2, 0) is 4.79 Å². The Morgan fingerprint density at radius 1 is 1.09 bits per heavy atom. The second-order valence-corrected chi connectivity index (χ2v) is 7.12. The summed E-state index contributed by atoms with van der Waals surface area (Å²) in [5, 5.41) is 0. The highest BCUT2D eigenvalue weighted by molar-refractivity contribution is 5.79. The minimum absolute atomic E-state index is 0.233. The molecule has 120 valence electrons. The van der Waals surface area contributed by atoms with Crippen molar-refractivity contribution in [3.05, 3.63) is 35.9 Å². The van der Waals surface area contributed by atoms with Crippen molar-refractivity contribution in [2.45, 2.75) is 63.5 Å². The van der Waals surface area contributed by atoms with Crippen LogP contribution in [0, 0.1) is 5.92 Å². The van der Waals surface area contributed by atoms with Crippen LogP contribution in [0.5, 0.6) is 0 Å². The summed E-state index contributed by atoms with van der Waals surface area (Å²) in [5.74, 6) is 1.25. The number of benzene rings is 1. The molecule has 1 saturated carbocycles. The second kappa shape index (κ2) is 6.82. The van der Waals surface area contributed by atoms with Gasteiger partial charge in [-0.15, -0.1) is 0 Å². The summed E-state index contributed by atoms with van der Waals surface area (Å²) in [6, 6.07) is 11.3. The highest BCUT2D eigenvalue weighted by Gasteiger charge is 2.34. The Morgan fingerprint density at radius 3 is 2.41 bits per heavy atom. The monoisotopic (exact) mass is 300 g/mol. The van der Waals surface area contributed by atoms with E-state index in [9.17, 15) is 4.79 Å². The van der Waals surface area contributed by atoms with Crippen LogP contribution in [0.4, 0.5) is 0 Å². The molecule has 2 atom stereocenters. The Bertz CT molecular complexity index is 493. The molecule has 0 bridgehead atoms. The summed E-state index contributed by atoms with van der Waals surface area (Å²) in [5.41, 5.74) is 7.45. The molecule has 2 unspecified atom stereocenters. The van der Waals surface area contributed by atoms with Crippen molar-refractivity contribution in [1.29, 1.82) is 0 Å². The van der Waals surface area contributed by atoms with Gasteiger partial charge in [0, 0.05) is 24.5 Å². The summed E-state index contributed by atoms with van der Waals surface area (Å²) < 4.78 is 0. The molecule has 1 aliphatic heterocycles. The van der Waals surface area contributed by atoms with Gasteiger partial charge in [-0.1, -0.05) is 30.3 Å². The Hall–Kier alpha value is -1.35. The van der Waals surface area contributed by atoms with E-state index in [1.165, 1.54) is 5.56 Å². The Kier molecular flexibility index (Phi) is 4.82. The first kappa shape index (κ1) is 15.5. The molecule has 3 heteroatoms. The zero-order valence-corrected chi connectivity index (χ0v) is 13.6. The molecule has 2 aliphatic rings. The number of hydrogen-bond acceptors (Lipinski definition) is 2. The molecule has 1 heterocycles. The van der Waals surface area contributed by atoms with Crippen LogP contribution in [0.15, 0.2) is 30.3 Å². The molecular weight excluding hydrogens is 272 g/mol. The molecule has 1 aliphatic carbocycles. The first-order valence-corrected chi connectivity index (χ1v) is 8.76. The molecule has 1 aromatic rings. The first-order valence-electron chi connectivity index (χ1n) is 8.76. The van der Waals surface area contributed by atoms with E-state index in [-0.39, 0.29) is 12.0 Å². The predicted molar refractivity (Wildman–Crippen MR) is 89.5 cm³/mol. The first-order chi connectivity index (χ1) is 10.6. The third-order valence-corrected chi connectivity index (χ3v) is 5.55. The van der Waals surface area contributed by atoms with Gasteiger partial charge in [0.2, 0.25) is 5.91 Å². The number of piperidine rings is 1. The molecule has 2 fully saturated rings. The Labute approximate surface area is 133 Å². The minimum atomic E-state index is 0.233. The average molecular weight is 300 g/mol. The van der Waals surface area contributed by atoms with E-state index in [0.717, 1.165) is 45.1 Å². The van der Waals surface area contributed by atoms with Gasteiger partial charge in [0.05, 0.1) is 0 Å². The number of amides is 1. The van der Waals surface area contributed by atoms with Gasteiger partial charge in [-0.05, 0) is 56.9 Å². The number of hydrogen-bond donors (Lipinski definition) is 1. The van der Waals surface area contributed by atoms with E-state index in [0.29, 0.717) is 17.9 Å². The van der Waals surface area contributed by atoms with Crippen molar-refractivity contribution in [3.8, 4) is 0 Å². The summed E-state index contributed by atoms with van der Waals surface area (Å²) in [4.78, 5) is 14.9. The lowest BCUT2D eigenvalue weighted by atomic mass is 9.78. The molecule has 1 amide bonds. The third kappa shape index (κ3) is 3.35. The van der Waals surface area contributed by atoms with Crippen LogP contribution in [-0.4, -0.2) is 29.4 Å². The van der Waals surface area contributed by atoms with Gasteiger partial charge < -0.3 is 10.6 Å². The molecule has 1 saturated heterocycles. The highest BCUT2D eigenvalue weighted by Crippen LogP contribution is 2.37. The number of carbonyl (C=O) groups excluding carboxylic acids is 1. The fraction of sp³-hybridized carbons (Fsp3) is 0.632. The van der Waals surface area contributed by atoms with Crippen molar-refractivity contribution in [3.63, 3.8) is 0 Å². The number of carbonyl (C=O) groups is 1. The molecule has 0 spiro atoms. The molecule has 3 rings (SSSR count). The number of nitrogens with two attached hydrogens (primary N) is 1. The third-order valence-electron chi connectivity index (χ3n) is 5.55. The number of likely N-dealkylation sites (tertiary alicyclic amines) is 1. The summed E-state index contributed by atoms with van der Waals surface area (Å²) >= 11 is 0. The van der Waals surface area contributed by atoms with Crippen molar-refractivity contribution >= 4 is 5.91 Å². The standard InChI is InChI=1S/C19H28N2O/c1-14-13-18(20)11-12-21(14)19(22)17-9-7-16(8-10-17)15-5-3-2-4-6-15/h2-6,14,16-18H,7-13,20H2,1H3. The lowest BCUT2D eigenvalue weighted by Crippen LogP contribution is -2.50. The van der Waals surface area contributed by atoms with Gasteiger partial charge in [0.1, 0.15) is 0 Å². The molecule has 0 radical (unpaired) electrons. The van der Waals surface area contributed by atoms with E-state index in [4.69, 9.17) is 5.73 Å². The van der Waals surface area contributed by atoms with Crippen molar-refractivity contribution < 1.29 is 4.79 Å².